The van der Waals surface area contributed by atoms with Crippen molar-refractivity contribution in [2.45, 2.75) is 32.4 Å². The molecule has 2 rings (SSSR count). The Labute approximate surface area is 102 Å². The number of aliphatic hydroxyl groups excluding tert-OH is 1. The number of β-amino-alcohol motifs (C(OH)–C–C–N with tert-alkyl or cyclic N) is 1. The van der Waals surface area contributed by atoms with E-state index in [1.807, 2.05) is 12.1 Å². The molecule has 0 amide bonds. The van der Waals surface area contributed by atoms with Gasteiger partial charge in [-0.25, -0.2) is 4.39 Å². The summed E-state index contributed by atoms with van der Waals surface area (Å²) in [6.45, 7) is 5.90. The topological polar surface area (TPSA) is 23.5 Å². The lowest BCUT2D eigenvalue weighted by molar-refractivity contribution is 0.0128. The van der Waals surface area contributed by atoms with Crippen molar-refractivity contribution in [3.8, 4) is 0 Å². The normalized spacial score (nSPS) is 28.0. The largest absolute Gasteiger partial charge is 0.392 e. The third kappa shape index (κ3) is 2.85. The molecule has 17 heavy (non-hydrogen) atoms. The lowest BCUT2D eigenvalue weighted by Gasteiger charge is -2.38. The average Bonchev–Trinajstić information content (AvgIpc) is 2.33. The summed E-state index contributed by atoms with van der Waals surface area (Å²) >= 11 is 0. The maximum atomic E-state index is 12.9. The van der Waals surface area contributed by atoms with Gasteiger partial charge in [0, 0.05) is 12.6 Å². The molecule has 1 aromatic carbocycles. The van der Waals surface area contributed by atoms with Crippen LogP contribution in [0.25, 0.3) is 0 Å². The summed E-state index contributed by atoms with van der Waals surface area (Å²) in [5.41, 5.74) is 1.10. The van der Waals surface area contributed by atoms with Gasteiger partial charge in [-0.2, -0.15) is 0 Å². The summed E-state index contributed by atoms with van der Waals surface area (Å²) in [5, 5.41) is 9.89. The van der Waals surface area contributed by atoms with E-state index in [0.29, 0.717) is 12.5 Å². The van der Waals surface area contributed by atoms with E-state index in [2.05, 4.69) is 18.7 Å². The Kier molecular flexibility index (Phi) is 3.79. The van der Waals surface area contributed by atoms with Crippen LogP contribution in [0.15, 0.2) is 24.3 Å². The van der Waals surface area contributed by atoms with Gasteiger partial charge in [0.25, 0.3) is 0 Å². The van der Waals surface area contributed by atoms with Crippen molar-refractivity contribution in [2.24, 2.45) is 5.92 Å². The summed E-state index contributed by atoms with van der Waals surface area (Å²) in [5.74, 6) is 0.180. The monoisotopic (exact) mass is 237 g/mol. The molecule has 1 aliphatic heterocycles. The van der Waals surface area contributed by atoms with Gasteiger partial charge in [0.05, 0.1) is 6.10 Å². The van der Waals surface area contributed by atoms with Crippen LogP contribution in [0.1, 0.15) is 31.9 Å². The van der Waals surface area contributed by atoms with Crippen LogP contribution in [0.2, 0.25) is 0 Å². The first-order valence-electron chi connectivity index (χ1n) is 6.25. The fraction of sp³-hybridized carbons (Fsp3) is 0.571. The predicted octanol–water partition coefficient (Wildman–Crippen LogP) is 2.59. The van der Waals surface area contributed by atoms with E-state index in [4.69, 9.17) is 0 Å². The molecule has 0 radical (unpaired) electrons. The number of nitrogens with zero attached hydrogens (tertiary/aromatic N) is 1. The Balaban J connectivity index is 2.05. The Morgan fingerprint density at radius 3 is 2.59 bits per heavy atom. The van der Waals surface area contributed by atoms with E-state index in [1.54, 1.807) is 0 Å². The molecule has 3 unspecified atom stereocenters. The van der Waals surface area contributed by atoms with Crippen molar-refractivity contribution in [1.82, 2.24) is 4.90 Å². The molecule has 1 fully saturated rings. The van der Waals surface area contributed by atoms with Crippen molar-refractivity contribution in [2.75, 3.05) is 13.1 Å². The maximum Gasteiger partial charge on any atom is 0.123 e. The minimum Gasteiger partial charge on any atom is -0.392 e. The molecule has 3 heteroatoms. The molecule has 1 aliphatic rings. The van der Waals surface area contributed by atoms with E-state index in [-0.39, 0.29) is 18.0 Å². The fourth-order valence-corrected chi connectivity index (χ4v) is 2.38. The highest BCUT2D eigenvalue weighted by atomic mass is 19.1. The number of hydrogen-bond donors (Lipinski definition) is 1. The first-order valence-corrected chi connectivity index (χ1v) is 6.25. The van der Waals surface area contributed by atoms with Gasteiger partial charge in [-0.1, -0.05) is 19.1 Å². The summed E-state index contributed by atoms with van der Waals surface area (Å²) in [6, 6.07) is 6.87. The first kappa shape index (κ1) is 12.5. The molecule has 0 spiro atoms. The van der Waals surface area contributed by atoms with Crippen LogP contribution in [0.3, 0.4) is 0 Å². The third-order valence-electron chi connectivity index (χ3n) is 3.85. The summed E-state index contributed by atoms with van der Waals surface area (Å²) in [4.78, 5) is 2.26. The fourth-order valence-electron chi connectivity index (χ4n) is 2.38. The second kappa shape index (κ2) is 5.15. The second-order valence-electron chi connectivity index (χ2n) is 5.06. The first-order chi connectivity index (χ1) is 8.08. The van der Waals surface area contributed by atoms with Gasteiger partial charge in [0.2, 0.25) is 0 Å². The summed E-state index contributed by atoms with van der Waals surface area (Å²) in [7, 11) is 0. The Morgan fingerprint density at radius 1 is 1.35 bits per heavy atom. The van der Waals surface area contributed by atoms with Gasteiger partial charge in [-0.15, -0.1) is 0 Å². The van der Waals surface area contributed by atoms with Gasteiger partial charge >= 0.3 is 0 Å². The van der Waals surface area contributed by atoms with Crippen LogP contribution in [0.4, 0.5) is 4.39 Å². The molecule has 1 N–H and O–H groups in total. The van der Waals surface area contributed by atoms with Crippen molar-refractivity contribution in [3.05, 3.63) is 35.6 Å². The van der Waals surface area contributed by atoms with Crippen molar-refractivity contribution < 1.29 is 9.50 Å². The third-order valence-corrected chi connectivity index (χ3v) is 3.85. The number of piperidine rings is 1. The molecule has 1 saturated heterocycles. The van der Waals surface area contributed by atoms with E-state index in [0.717, 1.165) is 18.5 Å². The average molecular weight is 237 g/mol. The molecular weight excluding hydrogens is 217 g/mol. The van der Waals surface area contributed by atoms with Crippen LogP contribution < -0.4 is 0 Å². The van der Waals surface area contributed by atoms with E-state index in [9.17, 15) is 9.50 Å². The predicted molar refractivity (Wildman–Crippen MR) is 66.2 cm³/mol. The number of hydrogen-bond acceptors (Lipinski definition) is 2. The lowest BCUT2D eigenvalue weighted by atomic mass is 9.94. The zero-order valence-corrected chi connectivity index (χ0v) is 10.4. The molecule has 0 bridgehead atoms. The van der Waals surface area contributed by atoms with Crippen LogP contribution in [-0.4, -0.2) is 29.2 Å². The van der Waals surface area contributed by atoms with Crippen molar-refractivity contribution in [1.29, 1.82) is 0 Å². The van der Waals surface area contributed by atoms with E-state index >= 15 is 0 Å². The molecule has 94 valence electrons. The van der Waals surface area contributed by atoms with Gasteiger partial charge in [0.15, 0.2) is 0 Å². The van der Waals surface area contributed by atoms with Crippen LogP contribution in [-0.2, 0) is 0 Å². The zero-order chi connectivity index (χ0) is 12.4. The standard InChI is InChI=1S/C14H20FNO/c1-10-7-8-16(9-14(10)17)11(2)12-3-5-13(15)6-4-12/h3-6,10-11,14,17H,7-9H2,1-2H3. The molecule has 0 aliphatic carbocycles. The Morgan fingerprint density at radius 2 is 2.00 bits per heavy atom. The SMILES string of the molecule is CC1CCN(C(C)c2ccc(F)cc2)CC1O. The molecule has 2 nitrogen and oxygen atoms in total. The minimum atomic E-state index is -0.244. The van der Waals surface area contributed by atoms with Crippen LogP contribution in [0, 0.1) is 11.7 Å². The molecule has 1 aromatic rings. The smallest absolute Gasteiger partial charge is 0.123 e. The summed E-state index contributed by atoms with van der Waals surface area (Å²) in [6.07, 6.45) is 0.777. The zero-order valence-electron chi connectivity index (χ0n) is 10.4. The number of halogens is 1. The number of benzene rings is 1. The molecule has 0 saturated carbocycles. The number of rotatable bonds is 2. The molecular formula is C14H20FNO. The van der Waals surface area contributed by atoms with Crippen LogP contribution in [0.5, 0.6) is 0 Å². The second-order valence-corrected chi connectivity index (χ2v) is 5.06. The maximum absolute atomic E-state index is 12.9. The molecule has 0 aromatic heterocycles. The molecule has 1 heterocycles. The number of aliphatic hydroxyl groups is 1. The Bertz CT molecular complexity index is 365. The highest BCUT2D eigenvalue weighted by Gasteiger charge is 2.27. The summed E-state index contributed by atoms with van der Waals surface area (Å²) < 4.78 is 12.9. The Hall–Kier alpha value is -0.930. The molecule has 3 atom stereocenters. The van der Waals surface area contributed by atoms with E-state index in [1.165, 1.54) is 12.1 Å². The lowest BCUT2D eigenvalue weighted by Crippen LogP contribution is -2.43. The van der Waals surface area contributed by atoms with Crippen LogP contribution >= 0.6 is 0 Å². The van der Waals surface area contributed by atoms with Gasteiger partial charge in [-0.05, 0) is 43.5 Å². The highest BCUT2D eigenvalue weighted by Crippen LogP contribution is 2.26. The quantitative estimate of drug-likeness (QED) is 0.854. The van der Waals surface area contributed by atoms with Gasteiger partial charge < -0.3 is 5.11 Å². The van der Waals surface area contributed by atoms with Gasteiger partial charge in [0.1, 0.15) is 5.82 Å². The number of likely N-dealkylation sites (tertiary alicyclic amines) is 1. The minimum absolute atomic E-state index is 0.201. The highest BCUT2D eigenvalue weighted by molar-refractivity contribution is 5.19. The van der Waals surface area contributed by atoms with Crippen molar-refractivity contribution >= 4 is 0 Å². The van der Waals surface area contributed by atoms with Gasteiger partial charge in [-0.3, -0.25) is 4.90 Å². The van der Waals surface area contributed by atoms with Crippen molar-refractivity contribution in [3.63, 3.8) is 0 Å². The van der Waals surface area contributed by atoms with E-state index < -0.39 is 0 Å².